The molecule has 0 unspecified atom stereocenters. The van der Waals surface area contributed by atoms with Crippen molar-refractivity contribution < 1.29 is 14.3 Å². The Kier molecular flexibility index (Phi) is 8.27. The SMILES string of the molecule is COC(=O)[C@@H](CCSC)NC(=O)/C=C/c1ccc(C)cc1Br. The Labute approximate surface area is 143 Å². The fourth-order valence-corrected chi connectivity index (χ4v) is 2.88. The molecule has 1 aromatic carbocycles. The first kappa shape index (κ1) is 18.8. The number of halogens is 1. The lowest BCUT2D eigenvalue weighted by Crippen LogP contribution is -2.41. The molecule has 120 valence electrons. The molecule has 6 heteroatoms. The van der Waals surface area contributed by atoms with Crippen molar-refractivity contribution in [2.45, 2.75) is 19.4 Å². The van der Waals surface area contributed by atoms with Crippen LogP contribution in [0.4, 0.5) is 0 Å². The first-order valence-electron chi connectivity index (χ1n) is 6.79. The van der Waals surface area contributed by atoms with Gasteiger partial charge in [-0.3, -0.25) is 4.79 Å². The van der Waals surface area contributed by atoms with E-state index in [4.69, 9.17) is 4.74 Å². The van der Waals surface area contributed by atoms with Gasteiger partial charge >= 0.3 is 5.97 Å². The minimum absolute atomic E-state index is 0.316. The fourth-order valence-electron chi connectivity index (χ4n) is 1.78. The average molecular weight is 386 g/mol. The topological polar surface area (TPSA) is 55.4 Å². The summed E-state index contributed by atoms with van der Waals surface area (Å²) < 4.78 is 5.63. The number of aryl methyl sites for hydroxylation is 1. The zero-order chi connectivity index (χ0) is 16.5. The van der Waals surface area contributed by atoms with E-state index in [9.17, 15) is 9.59 Å². The minimum atomic E-state index is -0.615. The summed E-state index contributed by atoms with van der Waals surface area (Å²) in [4.78, 5) is 23.6. The zero-order valence-corrected chi connectivity index (χ0v) is 15.3. The predicted molar refractivity (Wildman–Crippen MR) is 94.9 cm³/mol. The maximum atomic E-state index is 12.0. The number of hydrogen-bond acceptors (Lipinski definition) is 4. The number of carbonyl (C=O) groups excluding carboxylic acids is 2. The number of esters is 1. The quantitative estimate of drug-likeness (QED) is 0.578. The summed E-state index contributed by atoms with van der Waals surface area (Å²) in [5, 5.41) is 2.67. The summed E-state index contributed by atoms with van der Waals surface area (Å²) in [6, 6.07) is 5.26. The number of methoxy groups -OCH3 is 1. The van der Waals surface area contributed by atoms with Crippen molar-refractivity contribution in [2.24, 2.45) is 0 Å². The second-order valence-corrected chi connectivity index (χ2v) is 6.56. The van der Waals surface area contributed by atoms with E-state index in [-0.39, 0.29) is 5.91 Å². The lowest BCUT2D eigenvalue weighted by Gasteiger charge is -2.14. The number of nitrogens with one attached hydrogen (secondary N) is 1. The Morgan fingerprint density at radius 1 is 1.45 bits per heavy atom. The van der Waals surface area contributed by atoms with E-state index in [0.717, 1.165) is 21.4 Å². The molecule has 1 rings (SSSR count). The smallest absolute Gasteiger partial charge is 0.328 e. The van der Waals surface area contributed by atoms with E-state index in [1.54, 1.807) is 17.8 Å². The Morgan fingerprint density at radius 3 is 2.77 bits per heavy atom. The van der Waals surface area contributed by atoms with Crippen LogP contribution >= 0.6 is 27.7 Å². The molecule has 0 aliphatic rings. The van der Waals surface area contributed by atoms with E-state index in [2.05, 4.69) is 21.2 Å². The van der Waals surface area contributed by atoms with Crippen LogP contribution in [-0.2, 0) is 14.3 Å². The van der Waals surface area contributed by atoms with Crippen molar-refractivity contribution in [3.8, 4) is 0 Å². The van der Waals surface area contributed by atoms with Crippen molar-refractivity contribution in [1.29, 1.82) is 0 Å². The monoisotopic (exact) mass is 385 g/mol. The van der Waals surface area contributed by atoms with Gasteiger partial charge in [0.15, 0.2) is 0 Å². The summed E-state index contributed by atoms with van der Waals surface area (Å²) in [7, 11) is 1.32. The number of amides is 1. The largest absolute Gasteiger partial charge is 0.467 e. The molecule has 0 saturated carbocycles. The lowest BCUT2D eigenvalue weighted by molar-refractivity contribution is -0.144. The van der Waals surface area contributed by atoms with Crippen molar-refractivity contribution in [2.75, 3.05) is 19.1 Å². The molecular formula is C16H20BrNO3S. The molecule has 0 aromatic heterocycles. The minimum Gasteiger partial charge on any atom is -0.467 e. The highest BCUT2D eigenvalue weighted by Gasteiger charge is 2.19. The van der Waals surface area contributed by atoms with Gasteiger partial charge in [-0.05, 0) is 48.6 Å². The van der Waals surface area contributed by atoms with Crippen LogP contribution in [0.5, 0.6) is 0 Å². The van der Waals surface area contributed by atoms with E-state index in [1.807, 2.05) is 31.4 Å². The molecule has 0 saturated heterocycles. The molecule has 0 aliphatic heterocycles. The Bertz CT molecular complexity index is 560. The molecule has 0 bridgehead atoms. The third kappa shape index (κ3) is 6.23. The molecule has 0 aliphatic carbocycles. The van der Waals surface area contributed by atoms with E-state index in [0.29, 0.717) is 6.42 Å². The molecule has 1 amide bonds. The summed E-state index contributed by atoms with van der Waals surface area (Å²) in [6.07, 6.45) is 5.62. The molecular weight excluding hydrogens is 366 g/mol. The van der Waals surface area contributed by atoms with Gasteiger partial charge in [0.1, 0.15) is 6.04 Å². The van der Waals surface area contributed by atoms with Gasteiger partial charge in [0.2, 0.25) is 5.91 Å². The number of rotatable bonds is 7. The highest BCUT2D eigenvalue weighted by Crippen LogP contribution is 2.19. The highest BCUT2D eigenvalue weighted by molar-refractivity contribution is 9.10. The number of thioether (sulfide) groups is 1. The maximum Gasteiger partial charge on any atom is 0.328 e. The Balaban J connectivity index is 2.69. The molecule has 0 fully saturated rings. The normalized spacial score (nSPS) is 12.2. The van der Waals surface area contributed by atoms with Crippen LogP contribution in [-0.4, -0.2) is 37.0 Å². The summed E-state index contributed by atoms with van der Waals surface area (Å²) in [6.45, 7) is 2.00. The molecule has 1 aromatic rings. The summed E-state index contributed by atoms with van der Waals surface area (Å²) in [5.41, 5.74) is 2.04. The molecule has 0 spiro atoms. The predicted octanol–water partition coefficient (Wildman–Crippen LogP) is 3.18. The average Bonchev–Trinajstić information content (AvgIpc) is 2.49. The van der Waals surface area contributed by atoms with Crippen LogP contribution < -0.4 is 5.32 Å². The highest BCUT2D eigenvalue weighted by atomic mass is 79.9. The third-order valence-electron chi connectivity index (χ3n) is 2.98. The number of benzene rings is 1. The second kappa shape index (κ2) is 9.69. The van der Waals surface area contributed by atoms with Crippen LogP contribution in [0.15, 0.2) is 28.7 Å². The van der Waals surface area contributed by atoms with Crippen LogP contribution in [0, 0.1) is 6.92 Å². The first-order valence-corrected chi connectivity index (χ1v) is 8.98. The lowest BCUT2D eigenvalue weighted by atomic mass is 10.1. The van der Waals surface area contributed by atoms with Gasteiger partial charge in [0, 0.05) is 10.5 Å². The summed E-state index contributed by atoms with van der Waals surface area (Å²) >= 11 is 5.07. The fraction of sp³-hybridized carbons (Fsp3) is 0.375. The van der Waals surface area contributed by atoms with Crippen LogP contribution in [0.3, 0.4) is 0 Å². The van der Waals surface area contributed by atoms with E-state index < -0.39 is 12.0 Å². The van der Waals surface area contributed by atoms with Gasteiger partial charge in [0.25, 0.3) is 0 Å². The zero-order valence-electron chi connectivity index (χ0n) is 12.9. The molecule has 0 radical (unpaired) electrons. The van der Waals surface area contributed by atoms with E-state index in [1.165, 1.54) is 13.2 Å². The maximum absolute atomic E-state index is 12.0. The van der Waals surface area contributed by atoms with Crippen molar-refractivity contribution in [3.05, 3.63) is 39.9 Å². The first-order chi connectivity index (χ1) is 10.5. The van der Waals surface area contributed by atoms with Gasteiger partial charge < -0.3 is 10.1 Å². The van der Waals surface area contributed by atoms with Gasteiger partial charge in [-0.15, -0.1) is 0 Å². The standard InChI is InChI=1S/C16H20BrNO3S/c1-11-4-5-12(13(17)10-11)6-7-15(19)18-14(8-9-22-3)16(20)21-2/h4-7,10,14H,8-9H2,1-3H3,(H,18,19)/b7-6+/t14-/m1/s1. The van der Waals surface area contributed by atoms with Crippen molar-refractivity contribution in [3.63, 3.8) is 0 Å². The molecule has 22 heavy (non-hydrogen) atoms. The van der Waals surface area contributed by atoms with Gasteiger partial charge in [-0.2, -0.15) is 11.8 Å². The number of carbonyl (C=O) groups is 2. The molecule has 1 N–H and O–H groups in total. The van der Waals surface area contributed by atoms with Crippen molar-refractivity contribution >= 4 is 45.6 Å². The number of hydrogen-bond donors (Lipinski definition) is 1. The van der Waals surface area contributed by atoms with Crippen molar-refractivity contribution in [1.82, 2.24) is 5.32 Å². The van der Waals surface area contributed by atoms with Gasteiger partial charge in [-0.1, -0.05) is 28.1 Å². The van der Waals surface area contributed by atoms with Gasteiger partial charge in [-0.25, -0.2) is 4.79 Å². The molecule has 0 heterocycles. The Hall–Kier alpha value is -1.27. The number of ether oxygens (including phenoxy) is 1. The second-order valence-electron chi connectivity index (χ2n) is 4.72. The van der Waals surface area contributed by atoms with Crippen LogP contribution in [0.1, 0.15) is 17.5 Å². The molecule has 4 nitrogen and oxygen atoms in total. The Morgan fingerprint density at radius 2 is 2.18 bits per heavy atom. The third-order valence-corrected chi connectivity index (χ3v) is 4.31. The molecule has 1 atom stereocenters. The van der Waals surface area contributed by atoms with Crippen LogP contribution in [0.25, 0.3) is 6.08 Å². The summed E-state index contributed by atoms with van der Waals surface area (Å²) in [5.74, 6) is 0.0316. The van der Waals surface area contributed by atoms with Gasteiger partial charge in [0.05, 0.1) is 7.11 Å². The van der Waals surface area contributed by atoms with E-state index >= 15 is 0 Å². The van der Waals surface area contributed by atoms with Crippen LogP contribution in [0.2, 0.25) is 0 Å².